The number of nitrogens with one attached hydrogen (secondary N) is 3. The molecular formula is C32H50N6O4S. The smallest absolute Gasteiger partial charge is 0.245 e. The van der Waals surface area contributed by atoms with Gasteiger partial charge in [-0.15, -0.1) is 0 Å². The first-order chi connectivity index (χ1) is 20.9. The number of aliphatic hydroxyl groups is 1. The largest absolute Gasteiger partial charge is 0.394 e. The number of carbonyl (C=O) groups excluding carboxylic acids is 3. The molecule has 238 valence electrons. The highest BCUT2D eigenvalue weighted by Crippen LogP contribution is 2.25. The molecule has 0 saturated heterocycles. The van der Waals surface area contributed by atoms with E-state index in [1.807, 2.05) is 43.6 Å². The SMILES string of the molecule is Cc1nccn1CCCCc1ccc(CC(=O)N[C@@H](CO)C(=O)N[C@@H](CSCCN)C(=O)NCCC2CCCCC2)cc1. The molecule has 3 amide bonds. The molecule has 1 saturated carbocycles. The normalized spacial score (nSPS) is 15.0. The van der Waals surface area contributed by atoms with Crippen LogP contribution in [0.15, 0.2) is 36.7 Å². The predicted octanol–water partition coefficient (Wildman–Crippen LogP) is 2.50. The van der Waals surface area contributed by atoms with Crippen molar-refractivity contribution in [2.75, 3.05) is 31.2 Å². The Bertz CT molecular complexity index is 1120. The van der Waals surface area contributed by atoms with E-state index in [-0.39, 0.29) is 18.2 Å². The first-order valence-electron chi connectivity index (χ1n) is 15.7. The van der Waals surface area contributed by atoms with Gasteiger partial charge in [0.15, 0.2) is 0 Å². The Morgan fingerprint density at radius 1 is 1.05 bits per heavy atom. The van der Waals surface area contributed by atoms with E-state index in [0.29, 0.717) is 30.5 Å². The van der Waals surface area contributed by atoms with Crippen LogP contribution in [0.4, 0.5) is 0 Å². The van der Waals surface area contributed by atoms with Crippen LogP contribution in [0.5, 0.6) is 0 Å². The van der Waals surface area contributed by atoms with Crippen LogP contribution in [0.25, 0.3) is 0 Å². The van der Waals surface area contributed by atoms with E-state index in [2.05, 4.69) is 25.5 Å². The summed E-state index contributed by atoms with van der Waals surface area (Å²) >= 11 is 1.48. The lowest BCUT2D eigenvalue weighted by molar-refractivity contribution is -0.132. The zero-order chi connectivity index (χ0) is 30.9. The van der Waals surface area contributed by atoms with Gasteiger partial charge in [-0.3, -0.25) is 14.4 Å². The Balaban J connectivity index is 1.43. The fraction of sp³-hybridized carbons (Fsp3) is 0.625. The molecule has 0 bridgehead atoms. The van der Waals surface area contributed by atoms with Gasteiger partial charge in [0.1, 0.15) is 17.9 Å². The van der Waals surface area contributed by atoms with Gasteiger partial charge in [0, 0.05) is 43.5 Å². The minimum absolute atomic E-state index is 0.0847. The van der Waals surface area contributed by atoms with Crippen LogP contribution < -0.4 is 21.7 Å². The summed E-state index contributed by atoms with van der Waals surface area (Å²) < 4.78 is 2.15. The van der Waals surface area contributed by atoms with Gasteiger partial charge in [-0.1, -0.05) is 56.4 Å². The quantitative estimate of drug-likeness (QED) is 0.153. The molecular weight excluding hydrogens is 564 g/mol. The molecule has 0 spiro atoms. The second-order valence-corrected chi connectivity index (χ2v) is 12.6. The molecule has 0 radical (unpaired) electrons. The van der Waals surface area contributed by atoms with E-state index >= 15 is 0 Å². The van der Waals surface area contributed by atoms with Crippen LogP contribution in [-0.2, 0) is 33.8 Å². The molecule has 1 aromatic carbocycles. The van der Waals surface area contributed by atoms with E-state index in [9.17, 15) is 19.5 Å². The molecule has 11 heteroatoms. The summed E-state index contributed by atoms with van der Waals surface area (Å²) in [5.41, 5.74) is 7.63. The number of hydrogen-bond donors (Lipinski definition) is 5. The zero-order valence-electron chi connectivity index (χ0n) is 25.6. The zero-order valence-corrected chi connectivity index (χ0v) is 26.4. The Morgan fingerprint density at radius 2 is 1.79 bits per heavy atom. The van der Waals surface area contributed by atoms with Crippen molar-refractivity contribution < 1.29 is 19.5 Å². The van der Waals surface area contributed by atoms with Gasteiger partial charge in [-0.05, 0) is 49.7 Å². The molecule has 0 unspecified atom stereocenters. The van der Waals surface area contributed by atoms with E-state index in [0.717, 1.165) is 43.6 Å². The number of imidazole rings is 1. The standard InChI is InChI=1S/C32H50N6O4S/c1-24-34-17-19-38(24)18-6-5-9-26-10-12-27(13-11-26)21-30(40)36-28(22-39)32(42)37-29(23-43-20-15-33)31(41)35-16-14-25-7-3-2-4-8-25/h10-13,17,19,25,28-29,39H,2-9,14-16,18,20-23,33H2,1H3,(H,35,41)(H,36,40)(H,37,42)/t28-,29-/m0/s1. The van der Waals surface area contributed by atoms with E-state index in [4.69, 9.17) is 5.73 Å². The number of benzene rings is 1. The van der Waals surface area contributed by atoms with E-state index in [1.54, 1.807) is 0 Å². The summed E-state index contributed by atoms with van der Waals surface area (Å²) in [5, 5.41) is 18.2. The Hall–Kier alpha value is -2.89. The van der Waals surface area contributed by atoms with Gasteiger partial charge < -0.3 is 31.4 Å². The van der Waals surface area contributed by atoms with Crippen LogP contribution in [0.1, 0.15) is 68.3 Å². The third-order valence-electron chi connectivity index (χ3n) is 8.02. The predicted molar refractivity (Wildman–Crippen MR) is 172 cm³/mol. The van der Waals surface area contributed by atoms with Crippen molar-refractivity contribution in [3.63, 3.8) is 0 Å². The lowest BCUT2D eigenvalue weighted by Gasteiger charge is -2.24. The average Bonchev–Trinajstić information content (AvgIpc) is 3.43. The van der Waals surface area contributed by atoms with Crippen LogP contribution in [-0.4, -0.2) is 75.7 Å². The minimum Gasteiger partial charge on any atom is -0.394 e. The number of hydrogen-bond acceptors (Lipinski definition) is 7. The molecule has 3 rings (SSSR count). The van der Waals surface area contributed by atoms with Crippen molar-refractivity contribution in [1.29, 1.82) is 0 Å². The third kappa shape index (κ3) is 12.7. The van der Waals surface area contributed by atoms with Gasteiger partial charge in [0.25, 0.3) is 0 Å². The molecule has 43 heavy (non-hydrogen) atoms. The molecule has 1 aromatic heterocycles. The van der Waals surface area contributed by atoms with Crippen molar-refractivity contribution in [1.82, 2.24) is 25.5 Å². The molecule has 1 aliphatic carbocycles. The van der Waals surface area contributed by atoms with Gasteiger partial charge in [-0.2, -0.15) is 11.8 Å². The van der Waals surface area contributed by atoms with Gasteiger partial charge >= 0.3 is 0 Å². The maximum Gasteiger partial charge on any atom is 0.245 e. The van der Waals surface area contributed by atoms with E-state index in [1.165, 1.54) is 49.4 Å². The molecule has 1 heterocycles. The first-order valence-corrected chi connectivity index (χ1v) is 16.9. The van der Waals surface area contributed by atoms with Crippen molar-refractivity contribution in [3.05, 3.63) is 53.6 Å². The molecule has 2 aromatic rings. The van der Waals surface area contributed by atoms with E-state index < -0.39 is 24.6 Å². The van der Waals surface area contributed by atoms with Crippen LogP contribution in [0.3, 0.4) is 0 Å². The molecule has 10 nitrogen and oxygen atoms in total. The average molecular weight is 615 g/mol. The van der Waals surface area contributed by atoms with Gasteiger partial charge in [0.05, 0.1) is 13.0 Å². The monoisotopic (exact) mass is 614 g/mol. The minimum atomic E-state index is -1.15. The molecule has 2 atom stereocenters. The summed E-state index contributed by atoms with van der Waals surface area (Å²) in [6.45, 7) is 3.42. The number of rotatable bonds is 19. The molecule has 0 aliphatic heterocycles. The third-order valence-corrected chi connectivity index (χ3v) is 9.11. The Labute approximate surface area is 260 Å². The summed E-state index contributed by atoms with van der Waals surface area (Å²) in [4.78, 5) is 42.9. The number of aryl methyl sites for hydroxylation is 3. The molecule has 1 aliphatic rings. The van der Waals surface area contributed by atoms with Crippen molar-refractivity contribution >= 4 is 29.5 Å². The van der Waals surface area contributed by atoms with Crippen molar-refractivity contribution in [3.8, 4) is 0 Å². The van der Waals surface area contributed by atoms with Crippen LogP contribution in [0, 0.1) is 12.8 Å². The van der Waals surface area contributed by atoms with Gasteiger partial charge in [0.2, 0.25) is 17.7 Å². The Kier molecular flexibility index (Phi) is 15.6. The number of amides is 3. The second-order valence-electron chi connectivity index (χ2n) is 11.4. The topological polar surface area (TPSA) is 151 Å². The lowest BCUT2D eigenvalue weighted by atomic mass is 9.87. The number of aliphatic hydroxyl groups excluding tert-OH is 1. The van der Waals surface area contributed by atoms with Gasteiger partial charge in [-0.25, -0.2) is 4.98 Å². The summed E-state index contributed by atoms with van der Waals surface area (Å²) in [5.74, 6) is 1.47. The number of nitrogens with zero attached hydrogens (tertiary/aromatic N) is 2. The van der Waals surface area contributed by atoms with Crippen molar-refractivity contribution in [2.24, 2.45) is 11.7 Å². The number of nitrogens with two attached hydrogens (primary N) is 1. The lowest BCUT2D eigenvalue weighted by Crippen LogP contribution is -2.56. The Morgan fingerprint density at radius 3 is 2.47 bits per heavy atom. The molecule has 6 N–H and O–H groups in total. The number of unbranched alkanes of at least 4 members (excludes halogenated alkanes) is 1. The highest BCUT2D eigenvalue weighted by atomic mass is 32.2. The maximum atomic E-state index is 13.0. The fourth-order valence-electron chi connectivity index (χ4n) is 5.44. The van der Waals surface area contributed by atoms with Crippen LogP contribution in [0.2, 0.25) is 0 Å². The number of thioether (sulfide) groups is 1. The van der Waals surface area contributed by atoms with Crippen LogP contribution >= 0.6 is 11.8 Å². The fourth-order valence-corrected chi connectivity index (χ4v) is 6.24. The summed E-state index contributed by atoms with van der Waals surface area (Å²) in [6, 6.07) is 5.97. The summed E-state index contributed by atoms with van der Waals surface area (Å²) in [6.07, 6.45) is 14.1. The highest BCUT2D eigenvalue weighted by molar-refractivity contribution is 7.99. The number of aromatic nitrogens is 2. The maximum absolute atomic E-state index is 13.0. The number of carbonyl (C=O) groups is 3. The second kappa shape index (κ2) is 19.4. The molecule has 1 fully saturated rings. The highest BCUT2D eigenvalue weighted by Gasteiger charge is 2.26. The first kappa shape index (κ1) is 34.6. The van der Waals surface area contributed by atoms with Crippen molar-refractivity contribution in [2.45, 2.75) is 89.8 Å². The summed E-state index contributed by atoms with van der Waals surface area (Å²) in [7, 11) is 0.